The van der Waals surface area contributed by atoms with Gasteiger partial charge in [-0.2, -0.15) is 0 Å². The third-order valence-corrected chi connectivity index (χ3v) is 1.74. The summed E-state index contributed by atoms with van der Waals surface area (Å²) in [5.74, 6) is 0. The van der Waals surface area contributed by atoms with Crippen LogP contribution < -0.4 is 0 Å². The normalized spacial score (nSPS) is 9.23. The van der Waals surface area contributed by atoms with Gasteiger partial charge in [-0.15, -0.1) is 11.5 Å². The molecule has 0 amide bonds. The van der Waals surface area contributed by atoms with Crippen molar-refractivity contribution in [1.29, 1.82) is 0 Å². The van der Waals surface area contributed by atoms with E-state index in [9.17, 15) is 0 Å². The summed E-state index contributed by atoms with van der Waals surface area (Å²) in [5.41, 5.74) is 1.85. The Kier molecular flexibility index (Phi) is 3.77. The average molecular weight is 242 g/mol. The van der Waals surface area contributed by atoms with Crippen molar-refractivity contribution in [2.75, 3.05) is 0 Å². The molecule has 0 fully saturated rings. The van der Waals surface area contributed by atoms with E-state index in [0.29, 0.717) is 0 Å². The molecule has 2 aromatic rings. The van der Waals surface area contributed by atoms with E-state index in [2.05, 4.69) is 11.1 Å². The first-order valence-electron chi connectivity index (χ1n) is 3.71. The summed E-state index contributed by atoms with van der Waals surface area (Å²) in [6.45, 7) is 5.36. The number of aromatic nitrogens is 1. The second-order valence-electron chi connectivity index (χ2n) is 2.53. The summed E-state index contributed by atoms with van der Waals surface area (Å²) >= 11 is 0. The molecule has 0 aliphatic rings. The van der Waals surface area contributed by atoms with Crippen LogP contribution in [0.1, 0.15) is 5.56 Å². The van der Waals surface area contributed by atoms with Crippen molar-refractivity contribution in [1.82, 2.24) is 4.98 Å². The van der Waals surface area contributed by atoms with E-state index >= 15 is 0 Å². The van der Waals surface area contributed by atoms with Gasteiger partial charge in [-0.1, -0.05) is 6.07 Å². The zero-order valence-corrected chi connectivity index (χ0v) is 9.90. The standard InChI is InChI=1S/C11H7N.Y/c1-2-9-5-6-11-10(8-9)4-3-7-12-11;/h1-4,6-8H;/q-2;. The largest absolute Gasteiger partial charge is 0.344 e. The van der Waals surface area contributed by atoms with Crippen LogP contribution in [-0.2, 0) is 32.7 Å². The van der Waals surface area contributed by atoms with Crippen molar-refractivity contribution in [3.05, 3.63) is 48.7 Å². The van der Waals surface area contributed by atoms with Gasteiger partial charge >= 0.3 is 0 Å². The molecule has 0 aliphatic heterocycles. The molecule has 1 aromatic carbocycles. The number of fused-ring (bicyclic) bond motifs is 1. The third-order valence-electron chi connectivity index (χ3n) is 1.74. The van der Waals surface area contributed by atoms with Crippen molar-refractivity contribution < 1.29 is 32.7 Å². The van der Waals surface area contributed by atoms with E-state index in [0.717, 1.165) is 16.5 Å². The molecule has 2 heteroatoms. The van der Waals surface area contributed by atoms with Gasteiger partial charge in [0.15, 0.2) is 0 Å². The summed E-state index contributed by atoms with van der Waals surface area (Å²) < 4.78 is 0. The fraction of sp³-hybridized carbons (Fsp3) is 0. The first-order chi connectivity index (χ1) is 5.90. The zero-order chi connectivity index (χ0) is 8.39. The number of hydrogen-bond acceptors (Lipinski definition) is 1. The predicted octanol–water partition coefficient (Wildman–Crippen LogP) is 2.48. The number of pyridine rings is 1. The van der Waals surface area contributed by atoms with Gasteiger partial charge in [0.1, 0.15) is 0 Å². The Labute approximate surface area is 103 Å². The Bertz CT molecular complexity index is 423. The van der Waals surface area contributed by atoms with Crippen LogP contribution in [0.2, 0.25) is 0 Å². The van der Waals surface area contributed by atoms with E-state index < -0.39 is 0 Å². The van der Waals surface area contributed by atoms with Crippen LogP contribution in [-0.4, -0.2) is 4.98 Å². The molecule has 2 rings (SSSR count). The van der Waals surface area contributed by atoms with E-state index in [4.69, 9.17) is 6.58 Å². The first-order valence-corrected chi connectivity index (χ1v) is 3.71. The molecule has 0 bridgehead atoms. The maximum absolute atomic E-state index is 5.36. The van der Waals surface area contributed by atoms with E-state index in [1.54, 1.807) is 6.20 Å². The van der Waals surface area contributed by atoms with Crippen LogP contribution in [0.3, 0.4) is 0 Å². The number of hydrogen-bond donors (Lipinski definition) is 0. The molecule has 0 saturated heterocycles. The molecule has 0 unspecified atom stereocenters. The molecule has 0 aliphatic carbocycles. The van der Waals surface area contributed by atoms with Gasteiger partial charge in [0.25, 0.3) is 0 Å². The summed E-state index contributed by atoms with van der Waals surface area (Å²) in [4.78, 5) is 4.17. The average Bonchev–Trinajstić information content (AvgIpc) is 2.17. The van der Waals surface area contributed by atoms with Gasteiger partial charge in [-0.25, -0.2) is 12.1 Å². The maximum atomic E-state index is 5.36. The van der Waals surface area contributed by atoms with Gasteiger partial charge in [0.2, 0.25) is 0 Å². The van der Waals surface area contributed by atoms with Crippen LogP contribution >= 0.6 is 0 Å². The fourth-order valence-corrected chi connectivity index (χ4v) is 1.13. The zero-order valence-electron chi connectivity index (χ0n) is 7.07. The van der Waals surface area contributed by atoms with Crippen molar-refractivity contribution in [3.63, 3.8) is 0 Å². The van der Waals surface area contributed by atoms with Crippen LogP contribution in [0.4, 0.5) is 0 Å². The first kappa shape index (κ1) is 10.6. The molecule has 1 radical (unpaired) electrons. The van der Waals surface area contributed by atoms with Gasteiger partial charge in [0.05, 0.1) is 0 Å². The van der Waals surface area contributed by atoms with Gasteiger partial charge in [-0.3, -0.25) is 0 Å². The van der Waals surface area contributed by atoms with Crippen LogP contribution in [0, 0.1) is 12.6 Å². The Morgan fingerprint density at radius 2 is 2.31 bits per heavy atom. The Hall–Kier alpha value is -0.526. The summed E-state index contributed by atoms with van der Waals surface area (Å²) in [6, 6.07) is 10.7. The number of nitrogens with zero attached hydrogens (tertiary/aromatic N) is 1. The minimum Gasteiger partial charge on any atom is -0.344 e. The Morgan fingerprint density at radius 1 is 1.46 bits per heavy atom. The summed E-state index contributed by atoms with van der Waals surface area (Å²) in [7, 11) is 0. The molecule has 0 spiro atoms. The van der Waals surface area contributed by atoms with Crippen molar-refractivity contribution in [2.45, 2.75) is 0 Å². The van der Waals surface area contributed by atoms with E-state index in [1.165, 1.54) is 6.08 Å². The molecule has 1 nitrogen and oxygen atoms in total. The fourth-order valence-electron chi connectivity index (χ4n) is 1.13. The van der Waals surface area contributed by atoms with Crippen molar-refractivity contribution in [2.24, 2.45) is 0 Å². The van der Waals surface area contributed by atoms with E-state index in [1.807, 2.05) is 24.3 Å². The number of rotatable bonds is 1. The molecule has 13 heavy (non-hydrogen) atoms. The van der Waals surface area contributed by atoms with Crippen molar-refractivity contribution >= 4 is 17.0 Å². The maximum Gasteiger partial charge on any atom is 0.0160 e. The van der Waals surface area contributed by atoms with Crippen molar-refractivity contribution in [3.8, 4) is 0 Å². The van der Waals surface area contributed by atoms with Crippen LogP contribution in [0.5, 0.6) is 0 Å². The second kappa shape index (κ2) is 4.64. The monoisotopic (exact) mass is 242 g/mol. The molecule has 61 valence electrons. The Morgan fingerprint density at radius 3 is 3.08 bits per heavy atom. The van der Waals surface area contributed by atoms with Gasteiger partial charge in [0, 0.05) is 38.9 Å². The molecular weight excluding hydrogens is 235 g/mol. The van der Waals surface area contributed by atoms with Crippen LogP contribution in [0.15, 0.2) is 30.5 Å². The second-order valence-corrected chi connectivity index (χ2v) is 2.53. The van der Waals surface area contributed by atoms with Gasteiger partial charge < -0.3 is 23.2 Å². The quantitative estimate of drug-likeness (QED) is 0.700. The molecular formula is C11H7NY-2. The smallest absolute Gasteiger partial charge is 0.0160 e. The van der Waals surface area contributed by atoms with Gasteiger partial charge in [-0.05, 0) is 11.6 Å². The molecule has 0 saturated carbocycles. The third kappa shape index (κ3) is 2.23. The number of benzene rings is 1. The minimum atomic E-state index is 0. The summed E-state index contributed by atoms with van der Waals surface area (Å²) in [5, 5.41) is 1.09. The Balaban J connectivity index is 0.000000845. The minimum absolute atomic E-state index is 0. The van der Waals surface area contributed by atoms with E-state index in [-0.39, 0.29) is 32.7 Å². The molecule has 0 atom stereocenters. The SMILES string of the molecule is [CH-]=Cc1[c-]cc2ncccc2c1.[Y]. The molecule has 1 aromatic heterocycles. The summed E-state index contributed by atoms with van der Waals surface area (Å²) in [6.07, 6.45) is 3.30. The molecule has 0 N–H and O–H groups in total. The topological polar surface area (TPSA) is 12.9 Å². The van der Waals surface area contributed by atoms with Crippen LogP contribution in [0.25, 0.3) is 17.0 Å². The predicted molar refractivity (Wildman–Crippen MR) is 49.3 cm³/mol. The molecule has 1 heterocycles.